The van der Waals surface area contributed by atoms with Crippen LogP contribution < -0.4 is 20.1 Å². The SMILES string of the molecule is CCOc1cc(C=C2NC(=O)NC2=O)cc(Cl)c1OCC. The van der Waals surface area contributed by atoms with Crippen molar-refractivity contribution < 1.29 is 19.1 Å². The number of carbonyl (C=O) groups is 2. The minimum Gasteiger partial charge on any atom is -0.490 e. The molecule has 0 unspecified atom stereocenters. The van der Waals surface area contributed by atoms with Crippen LogP contribution in [-0.2, 0) is 4.79 Å². The van der Waals surface area contributed by atoms with Crippen molar-refractivity contribution in [2.45, 2.75) is 13.8 Å². The third-order valence-electron chi connectivity index (χ3n) is 2.65. The number of halogens is 1. The van der Waals surface area contributed by atoms with Crippen molar-refractivity contribution in [3.05, 3.63) is 28.4 Å². The number of hydrogen-bond donors (Lipinski definition) is 2. The Balaban J connectivity index is 2.39. The highest BCUT2D eigenvalue weighted by molar-refractivity contribution is 6.32. The molecule has 1 saturated heterocycles. The summed E-state index contributed by atoms with van der Waals surface area (Å²) < 4.78 is 11.0. The maximum Gasteiger partial charge on any atom is 0.326 e. The predicted molar refractivity (Wildman–Crippen MR) is 78.4 cm³/mol. The summed E-state index contributed by atoms with van der Waals surface area (Å²) in [5.41, 5.74) is 0.780. The number of benzene rings is 1. The van der Waals surface area contributed by atoms with Crippen LogP contribution in [0, 0.1) is 0 Å². The molecule has 2 N–H and O–H groups in total. The molecule has 1 aromatic rings. The Morgan fingerprint density at radius 1 is 1.14 bits per heavy atom. The predicted octanol–water partition coefficient (Wildman–Crippen LogP) is 2.32. The largest absolute Gasteiger partial charge is 0.490 e. The average Bonchev–Trinajstić information content (AvgIpc) is 2.72. The highest BCUT2D eigenvalue weighted by Gasteiger charge is 2.23. The highest BCUT2D eigenvalue weighted by atomic mass is 35.5. The van der Waals surface area contributed by atoms with Crippen molar-refractivity contribution in [2.24, 2.45) is 0 Å². The summed E-state index contributed by atoms with van der Waals surface area (Å²) in [5, 5.41) is 4.91. The summed E-state index contributed by atoms with van der Waals surface area (Å²) in [5.74, 6) is 0.467. The van der Waals surface area contributed by atoms with Crippen LogP contribution in [0.5, 0.6) is 11.5 Å². The number of rotatable bonds is 5. The van der Waals surface area contributed by atoms with Gasteiger partial charge in [0.1, 0.15) is 5.70 Å². The molecule has 0 aliphatic carbocycles. The fourth-order valence-corrected chi connectivity index (χ4v) is 2.14. The number of carbonyl (C=O) groups excluding carboxylic acids is 2. The first-order valence-corrected chi connectivity index (χ1v) is 6.86. The molecule has 1 heterocycles. The van der Waals surface area contributed by atoms with E-state index in [1.165, 1.54) is 6.08 Å². The van der Waals surface area contributed by atoms with Gasteiger partial charge in [0.15, 0.2) is 11.5 Å². The summed E-state index contributed by atoms with van der Waals surface area (Å²) in [6.07, 6.45) is 1.52. The Labute approximate surface area is 127 Å². The minimum atomic E-state index is -0.548. The average molecular weight is 311 g/mol. The Bertz CT molecular complexity index is 613. The van der Waals surface area contributed by atoms with Gasteiger partial charge in [-0.05, 0) is 37.6 Å². The molecular formula is C14H15ClN2O4. The quantitative estimate of drug-likeness (QED) is 0.646. The van der Waals surface area contributed by atoms with Crippen LogP contribution in [0.15, 0.2) is 17.8 Å². The van der Waals surface area contributed by atoms with Crippen LogP contribution >= 0.6 is 11.6 Å². The van der Waals surface area contributed by atoms with Crippen molar-refractivity contribution in [2.75, 3.05) is 13.2 Å². The van der Waals surface area contributed by atoms with E-state index < -0.39 is 11.9 Å². The third kappa shape index (κ3) is 3.46. The third-order valence-corrected chi connectivity index (χ3v) is 2.93. The lowest BCUT2D eigenvalue weighted by Crippen LogP contribution is -2.22. The van der Waals surface area contributed by atoms with E-state index >= 15 is 0 Å². The molecule has 0 saturated carbocycles. The summed E-state index contributed by atoms with van der Waals surface area (Å²) in [4.78, 5) is 22.6. The van der Waals surface area contributed by atoms with Gasteiger partial charge in [0.25, 0.3) is 5.91 Å². The Morgan fingerprint density at radius 2 is 1.86 bits per heavy atom. The molecule has 1 aliphatic rings. The van der Waals surface area contributed by atoms with Gasteiger partial charge in [-0.2, -0.15) is 0 Å². The molecule has 0 radical (unpaired) electrons. The van der Waals surface area contributed by atoms with E-state index in [0.29, 0.717) is 35.3 Å². The molecule has 7 heteroatoms. The molecule has 0 bridgehead atoms. The monoisotopic (exact) mass is 310 g/mol. The van der Waals surface area contributed by atoms with Crippen molar-refractivity contribution in [1.82, 2.24) is 10.6 Å². The number of nitrogens with one attached hydrogen (secondary N) is 2. The minimum absolute atomic E-state index is 0.155. The zero-order valence-corrected chi connectivity index (χ0v) is 12.4. The number of ether oxygens (including phenoxy) is 2. The van der Waals surface area contributed by atoms with Crippen LogP contribution in [-0.4, -0.2) is 25.2 Å². The van der Waals surface area contributed by atoms with Crippen LogP contribution in [0.4, 0.5) is 4.79 Å². The normalized spacial score (nSPS) is 15.9. The van der Waals surface area contributed by atoms with Gasteiger partial charge in [0.2, 0.25) is 0 Å². The van der Waals surface area contributed by atoms with E-state index in [4.69, 9.17) is 21.1 Å². The van der Waals surface area contributed by atoms with Crippen molar-refractivity contribution in [3.63, 3.8) is 0 Å². The summed E-state index contributed by atoms with van der Waals surface area (Å²) >= 11 is 6.18. The van der Waals surface area contributed by atoms with Crippen LogP contribution in [0.25, 0.3) is 6.08 Å². The first-order valence-electron chi connectivity index (χ1n) is 6.48. The molecule has 112 valence electrons. The summed E-state index contributed by atoms with van der Waals surface area (Å²) in [6.45, 7) is 4.60. The molecule has 1 aliphatic heterocycles. The van der Waals surface area contributed by atoms with E-state index in [1.54, 1.807) is 12.1 Å². The first kappa shape index (κ1) is 15.2. The Hall–Kier alpha value is -2.21. The summed E-state index contributed by atoms with van der Waals surface area (Å²) in [6, 6.07) is 2.79. The van der Waals surface area contributed by atoms with Gasteiger partial charge in [-0.1, -0.05) is 11.6 Å². The molecular weight excluding hydrogens is 296 g/mol. The fourth-order valence-electron chi connectivity index (χ4n) is 1.87. The zero-order chi connectivity index (χ0) is 15.4. The lowest BCUT2D eigenvalue weighted by molar-refractivity contribution is -0.115. The van der Waals surface area contributed by atoms with Gasteiger partial charge in [-0.15, -0.1) is 0 Å². The molecule has 0 spiro atoms. The van der Waals surface area contributed by atoms with E-state index in [1.807, 2.05) is 13.8 Å². The van der Waals surface area contributed by atoms with E-state index in [-0.39, 0.29) is 5.70 Å². The van der Waals surface area contributed by atoms with Gasteiger partial charge in [-0.25, -0.2) is 4.79 Å². The molecule has 1 fully saturated rings. The zero-order valence-electron chi connectivity index (χ0n) is 11.7. The first-order chi connectivity index (χ1) is 10.0. The highest BCUT2D eigenvalue weighted by Crippen LogP contribution is 2.37. The second-order valence-corrected chi connectivity index (χ2v) is 4.57. The molecule has 1 aromatic carbocycles. The lowest BCUT2D eigenvalue weighted by Gasteiger charge is -2.13. The Morgan fingerprint density at radius 3 is 2.43 bits per heavy atom. The maximum absolute atomic E-state index is 11.5. The van der Waals surface area contributed by atoms with Gasteiger partial charge in [0, 0.05) is 0 Å². The Kier molecular flexibility index (Phi) is 4.70. The van der Waals surface area contributed by atoms with E-state index in [2.05, 4.69) is 10.6 Å². The second-order valence-electron chi connectivity index (χ2n) is 4.16. The lowest BCUT2D eigenvalue weighted by atomic mass is 10.1. The standard InChI is InChI=1S/C14H15ClN2O4/c1-3-20-11-7-8(5-9(15)12(11)21-4-2)6-10-13(18)17-14(19)16-10/h5-7H,3-4H2,1-2H3,(H2,16,17,18,19). The van der Waals surface area contributed by atoms with Crippen molar-refractivity contribution in [1.29, 1.82) is 0 Å². The number of imide groups is 1. The second kappa shape index (κ2) is 6.49. The fraction of sp³-hybridized carbons (Fsp3) is 0.286. The molecule has 3 amide bonds. The van der Waals surface area contributed by atoms with Gasteiger partial charge >= 0.3 is 6.03 Å². The summed E-state index contributed by atoms with van der Waals surface area (Å²) in [7, 11) is 0. The molecule has 21 heavy (non-hydrogen) atoms. The molecule has 0 atom stereocenters. The number of urea groups is 1. The van der Waals surface area contributed by atoms with Gasteiger partial charge in [-0.3, -0.25) is 10.1 Å². The topological polar surface area (TPSA) is 76.7 Å². The van der Waals surface area contributed by atoms with Crippen LogP contribution in [0.3, 0.4) is 0 Å². The van der Waals surface area contributed by atoms with Crippen LogP contribution in [0.1, 0.15) is 19.4 Å². The smallest absolute Gasteiger partial charge is 0.326 e. The number of amides is 3. The van der Waals surface area contributed by atoms with E-state index in [9.17, 15) is 9.59 Å². The maximum atomic E-state index is 11.5. The molecule has 2 rings (SSSR count). The number of hydrogen-bond acceptors (Lipinski definition) is 4. The molecule has 6 nitrogen and oxygen atoms in total. The van der Waals surface area contributed by atoms with Crippen LogP contribution in [0.2, 0.25) is 5.02 Å². The van der Waals surface area contributed by atoms with Gasteiger partial charge in [0.05, 0.1) is 18.2 Å². The molecule has 0 aromatic heterocycles. The van der Waals surface area contributed by atoms with Crippen molar-refractivity contribution in [3.8, 4) is 11.5 Å². The van der Waals surface area contributed by atoms with E-state index in [0.717, 1.165) is 0 Å². The van der Waals surface area contributed by atoms with Gasteiger partial charge < -0.3 is 14.8 Å². The van der Waals surface area contributed by atoms with Crippen molar-refractivity contribution >= 4 is 29.6 Å².